The third-order valence-corrected chi connectivity index (χ3v) is 3.11. The normalized spacial score (nSPS) is 10.9. The average molecular weight is 270 g/mol. The van der Waals surface area contributed by atoms with Crippen LogP contribution in [0.5, 0.6) is 0 Å². The highest BCUT2D eigenvalue weighted by Gasteiger charge is 2.06. The molecule has 1 heterocycles. The molecular weight excluding hydrogens is 252 g/mol. The van der Waals surface area contributed by atoms with E-state index >= 15 is 0 Å². The molecule has 1 aromatic carbocycles. The van der Waals surface area contributed by atoms with Gasteiger partial charge in [0, 0.05) is 12.7 Å². The van der Waals surface area contributed by atoms with Crippen LogP contribution in [0.1, 0.15) is 28.7 Å². The molecule has 0 N–H and O–H groups in total. The van der Waals surface area contributed by atoms with E-state index in [1.807, 2.05) is 32.2 Å². The van der Waals surface area contributed by atoms with Gasteiger partial charge in [-0.15, -0.1) is 0 Å². The standard InChI is InChI=1S/C16H18N2O2/c1-4-20-16(19)13-6-5-7-14(10-13)17-11-15-9-8-12(2)18(15)3/h5-11H,4H2,1-3H3. The molecule has 0 aliphatic heterocycles. The Hall–Kier alpha value is -2.36. The van der Waals surface area contributed by atoms with Crippen molar-refractivity contribution in [2.45, 2.75) is 13.8 Å². The van der Waals surface area contributed by atoms with E-state index in [-0.39, 0.29) is 5.97 Å². The van der Waals surface area contributed by atoms with E-state index < -0.39 is 0 Å². The largest absolute Gasteiger partial charge is 0.462 e. The third-order valence-electron chi connectivity index (χ3n) is 3.11. The van der Waals surface area contributed by atoms with Crippen LogP contribution in [0.15, 0.2) is 41.4 Å². The summed E-state index contributed by atoms with van der Waals surface area (Å²) in [6, 6.07) is 11.2. The van der Waals surface area contributed by atoms with E-state index in [9.17, 15) is 4.79 Å². The monoisotopic (exact) mass is 270 g/mol. The second-order valence-corrected chi connectivity index (χ2v) is 4.49. The molecule has 0 amide bonds. The molecule has 2 rings (SSSR count). The molecule has 0 bridgehead atoms. The Morgan fingerprint density at radius 1 is 1.35 bits per heavy atom. The summed E-state index contributed by atoms with van der Waals surface area (Å²) in [5.41, 5.74) is 3.44. The maximum atomic E-state index is 11.7. The predicted octanol–water partition coefficient (Wildman–Crippen LogP) is 3.26. The zero-order chi connectivity index (χ0) is 14.5. The number of carbonyl (C=O) groups is 1. The summed E-state index contributed by atoms with van der Waals surface area (Å²) in [5.74, 6) is -0.320. The lowest BCUT2D eigenvalue weighted by Gasteiger charge is -2.02. The SMILES string of the molecule is CCOC(=O)c1cccc(N=Cc2ccc(C)n2C)c1. The van der Waals surface area contributed by atoms with Crippen LogP contribution in [-0.2, 0) is 11.8 Å². The maximum absolute atomic E-state index is 11.7. The summed E-state index contributed by atoms with van der Waals surface area (Å²) in [5, 5.41) is 0. The summed E-state index contributed by atoms with van der Waals surface area (Å²) in [4.78, 5) is 16.1. The molecule has 0 fully saturated rings. The van der Waals surface area contributed by atoms with Crippen LogP contribution in [-0.4, -0.2) is 23.4 Å². The topological polar surface area (TPSA) is 43.6 Å². The molecule has 0 saturated carbocycles. The van der Waals surface area contributed by atoms with Gasteiger partial charge < -0.3 is 9.30 Å². The molecule has 4 nitrogen and oxygen atoms in total. The van der Waals surface area contributed by atoms with Crippen molar-refractivity contribution in [3.8, 4) is 0 Å². The first kappa shape index (κ1) is 14.1. The van der Waals surface area contributed by atoms with Crippen molar-refractivity contribution in [3.63, 3.8) is 0 Å². The van der Waals surface area contributed by atoms with Gasteiger partial charge in [0.25, 0.3) is 0 Å². The Bertz CT molecular complexity index is 642. The van der Waals surface area contributed by atoms with Gasteiger partial charge in [-0.05, 0) is 44.2 Å². The number of carbonyl (C=O) groups excluding carboxylic acids is 1. The van der Waals surface area contributed by atoms with Gasteiger partial charge in [0.1, 0.15) is 0 Å². The van der Waals surface area contributed by atoms with Crippen molar-refractivity contribution in [1.29, 1.82) is 0 Å². The Kier molecular flexibility index (Phi) is 4.35. The van der Waals surface area contributed by atoms with Crippen LogP contribution in [0, 0.1) is 6.92 Å². The number of hydrogen-bond donors (Lipinski definition) is 0. The van der Waals surface area contributed by atoms with Crippen LogP contribution >= 0.6 is 0 Å². The zero-order valence-corrected chi connectivity index (χ0v) is 12.0. The quantitative estimate of drug-likeness (QED) is 0.632. The molecule has 104 valence electrons. The minimum Gasteiger partial charge on any atom is -0.462 e. The average Bonchev–Trinajstić information content (AvgIpc) is 2.77. The highest BCUT2D eigenvalue weighted by Crippen LogP contribution is 2.15. The molecule has 1 aromatic heterocycles. The minimum atomic E-state index is -0.320. The smallest absolute Gasteiger partial charge is 0.338 e. The van der Waals surface area contributed by atoms with Crippen molar-refractivity contribution < 1.29 is 9.53 Å². The molecule has 0 saturated heterocycles. The molecule has 0 spiro atoms. The summed E-state index contributed by atoms with van der Waals surface area (Å²) in [6.07, 6.45) is 1.79. The lowest BCUT2D eigenvalue weighted by molar-refractivity contribution is 0.0526. The third kappa shape index (κ3) is 3.15. The number of benzene rings is 1. The Balaban J connectivity index is 2.19. The van der Waals surface area contributed by atoms with Crippen LogP contribution in [0.25, 0.3) is 0 Å². The maximum Gasteiger partial charge on any atom is 0.338 e. The van der Waals surface area contributed by atoms with Crippen LogP contribution < -0.4 is 0 Å². The van der Waals surface area contributed by atoms with Crippen molar-refractivity contribution in [2.75, 3.05) is 6.61 Å². The second kappa shape index (κ2) is 6.19. The predicted molar refractivity (Wildman–Crippen MR) is 79.8 cm³/mol. The molecule has 4 heteroatoms. The van der Waals surface area contributed by atoms with Crippen molar-refractivity contribution in [3.05, 3.63) is 53.3 Å². The number of aliphatic imine (C=N–C) groups is 1. The van der Waals surface area contributed by atoms with E-state index in [1.165, 1.54) is 5.69 Å². The number of hydrogen-bond acceptors (Lipinski definition) is 3. The Morgan fingerprint density at radius 3 is 2.80 bits per heavy atom. The number of aryl methyl sites for hydroxylation is 1. The molecule has 0 aliphatic carbocycles. The van der Waals surface area contributed by atoms with Crippen molar-refractivity contribution >= 4 is 17.9 Å². The fraction of sp³-hybridized carbons (Fsp3) is 0.250. The van der Waals surface area contributed by atoms with Crippen molar-refractivity contribution in [2.24, 2.45) is 12.0 Å². The Labute approximate surface area is 118 Å². The summed E-state index contributed by atoms with van der Waals surface area (Å²) in [7, 11) is 1.99. The molecule has 20 heavy (non-hydrogen) atoms. The van der Waals surface area contributed by atoms with Gasteiger partial charge >= 0.3 is 5.97 Å². The first-order valence-electron chi connectivity index (χ1n) is 6.55. The number of aromatic nitrogens is 1. The van der Waals surface area contributed by atoms with Gasteiger partial charge in [0.2, 0.25) is 0 Å². The first-order valence-corrected chi connectivity index (χ1v) is 6.55. The summed E-state index contributed by atoms with van der Waals surface area (Å²) in [6.45, 7) is 4.20. The van der Waals surface area contributed by atoms with Gasteiger partial charge in [0.05, 0.1) is 29.8 Å². The molecule has 0 radical (unpaired) electrons. The minimum absolute atomic E-state index is 0.320. The summed E-state index contributed by atoms with van der Waals surface area (Å²) >= 11 is 0. The van der Waals surface area contributed by atoms with Crippen LogP contribution in [0.2, 0.25) is 0 Å². The molecule has 2 aromatic rings. The van der Waals surface area contributed by atoms with E-state index in [4.69, 9.17) is 4.74 Å². The lowest BCUT2D eigenvalue weighted by Crippen LogP contribution is -2.03. The molecule has 0 unspecified atom stereocenters. The summed E-state index contributed by atoms with van der Waals surface area (Å²) < 4.78 is 7.03. The van der Waals surface area contributed by atoms with Gasteiger partial charge in [-0.1, -0.05) is 6.07 Å². The molecular formula is C16H18N2O2. The van der Waals surface area contributed by atoms with Crippen LogP contribution in [0.4, 0.5) is 5.69 Å². The Morgan fingerprint density at radius 2 is 2.15 bits per heavy atom. The van der Waals surface area contributed by atoms with Gasteiger partial charge in [-0.2, -0.15) is 0 Å². The van der Waals surface area contributed by atoms with Gasteiger partial charge in [-0.3, -0.25) is 4.99 Å². The highest BCUT2D eigenvalue weighted by molar-refractivity contribution is 5.90. The molecule has 0 aliphatic rings. The number of nitrogens with zero attached hydrogens (tertiary/aromatic N) is 2. The van der Waals surface area contributed by atoms with Gasteiger partial charge in [-0.25, -0.2) is 4.79 Å². The fourth-order valence-electron chi connectivity index (χ4n) is 1.83. The number of rotatable bonds is 4. The van der Waals surface area contributed by atoms with Gasteiger partial charge in [0.15, 0.2) is 0 Å². The second-order valence-electron chi connectivity index (χ2n) is 4.49. The number of ether oxygens (including phenoxy) is 1. The molecule has 0 atom stereocenters. The first-order chi connectivity index (χ1) is 9.61. The number of esters is 1. The van der Waals surface area contributed by atoms with E-state index in [0.29, 0.717) is 12.2 Å². The zero-order valence-electron chi connectivity index (χ0n) is 12.0. The van der Waals surface area contributed by atoms with E-state index in [2.05, 4.69) is 9.56 Å². The highest BCUT2D eigenvalue weighted by atomic mass is 16.5. The van der Waals surface area contributed by atoms with E-state index in [0.717, 1.165) is 11.4 Å². The lowest BCUT2D eigenvalue weighted by atomic mass is 10.2. The van der Waals surface area contributed by atoms with Crippen LogP contribution in [0.3, 0.4) is 0 Å². The van der Waals surface area contributed by atoms with Crippen molar-refractivity contribution in [1.82, 2.24) is 4.57 Å². The van der Waals surface area contributed by atoms with E-state index in [1.54, 1.807) is 31.3 Å². The fourth-order valence-corrected chi connectivity index (χ4v) is 1.83.